The van der Waals surface area contributed by atoms with Gasteiger partial charge in [-0.25, -0.2) is 4.79 Å². The highest BCUT2D eigenvalue weighted by Gasteiger charge is 2.10. The van der Waals surface area contributed by atoms with Gasteiger partial charge in [-0.15, -0.1) is 0 Å². The summed E-state index contributed by atoms with van der Waals surface area (Å²) in [5, 5.41) is 13.9. The van der Waals surface area contributed by atoms with E-state index in [1.54, 1.807) is 24.3 Å². The van der Waals surface area contributed by atoms with Gasteiger partial charge in [-0.3, -0.25) is 9.59 Å². The van der Waals surface area contributed by atoms with E-state index in [4.69, 9.17) is 4.74 Å². The molecular weight excluding hydrogens is 436 g/mol. The molecule has 0 fully saturated rings. The summed E-state index contributed by atoms with van der Waals surface area (Å²) in [7, 11) is 1.21. The molecule has 0 aliphatic carbocycles. The van der Waals surface area contributed by atoms with Crippen molar-refractivity contribution >= 4 is 17.7 Å². The van der Waals surface area contributed by atoms with Gasteiger partial charge in [0.15, 0.2) is 0 Å². The number of amides is 2. The summed E-state index contributed by atoms with van der Waals surface area (Å²) in [5.41, 5.74) is 2.62. The molecule has 0 aliphatic rings. The highest BCUT2D eigenvalue weighted by atomic mass is 16.5. The van der Waals surface area contributed by atoms with Gasteiger partial charge >= 0.3 is 12.0 Å². The number of hydrogen-bond acceptors (Lipinski definition) is 6. The molecule has 3 aromatic rings. The topological polar surface area (TPSA) is 133 Å². The summed E-state index contributed by atoms with van der Waals surface area (Å²) in [4.78, 5) is 38.0. The number of carbonyl (C=O) groups is 2. The number of pyridine rings is 1. The molecule has 0 bridgehead atoms. The molecule has 0 spiro atoms. The number of ether oxygens (including phenoxy) is 2. The molecule has 1 aromatic heterocycles. The second-order valence-corrected chi connectivity index (χ2v) is 7.32. The number of aromatic nitrogens is 1. The molecule has 0 radical (unpaired) electrons. The molecule has 3 rings (SSSR count). The first-order chi connectivity index (χ1) is 16.5. The molecule has 174 valence electrons. The van der Waals surface area contributed by atoms with Gasteiger partial charge in [-0.2, -0.15) is 5.26 Å². The van der Waals surface area contributed by atoms with Crippen LogP contribution in [0.2, 0.25) is 0 Å². The second kappa shape index (κ2) is 11.9. The summed E-state index contributed by atoms with van der Waals surface area (Å²) in [6.07, 6.45) is 1.02. The fourth-order valence-corrected chi connectivity index (χ4v) is 3.14. The lowest BCUT2D eigenvalue weighted by molar-refractivity contribution is -0.139. The van der Waals surface area contributed by atoms with Crippen LogP contribution in [0.15, 0.2) is 65.5 Å². The maximum absolute atomic E-state index is 12.4. The number of rotatable bonds is 9. The average molecular weight is 460 g/mol. The molecule has 9 nitrogen and oxygen atoms in total. The number of methoxy groups -OCH3 is 1. The highest BCUT2D eigenvalue weighted by molar-refractivity contribution is 5.91. The maximum atomic E-state index is 12.4. The Kier molecular flexibility index (Phi) is 8.41. The fourth-order valence-electron chi connectivity index (χ4n) is 3.14. The van der Waals surface area contributed by atoms with Crippen LogP contribution in [-0.4, -0.2) is 30.6 Å². The van der Waals surface area contributed by atoms with Gasteiger partial charge in [0.1, 0.15) is 24.6 Å². The third-order valence-electron chi connectivity index (χ3n) is 4.93. The predicted octanol–water partition coefficient (Wildman–Crippen LogP) is 2.91. The smallest absolute Gasteiger partial charge is 0.325 e. The largest absolute Gasteiger partial charge is 0.489 e. The normalized spacial score (nSPS) is 10.1. The molecule has 2 amide bonds. The zero-order valence-electron chi connectivity index (χ0n) is 18.6. The number of urea groups is 1. The van der Waals surface area contributed by atoms with E-state index in [0.717, 1.165) is 11.1 Å². The lowest BCUT2D eigenvalue weighted by Gasteiger charge is -2.12. The standard InChI is InChI=1S/C25H24N4O5/c1-33-23(30)15-27-25(32)29-21-11-10-20(28-24(21)31)9-8-19-13-18(14-26)7-12-22(19)34-16-17-5-3-2-4-6-17/h2-7,10-13H,8-9,15-16H2,1H3,(H,28,31)(H2,27,29,32). The quantitative estimate of drug-likeness (QED) is 0.421. The van der Waals surface area contributed by atoms with E-state index >= 15 is 0 Å². The number of esters is 1. The number of aromatic amines is 1. The van der Waals surface area contributed by atoms with E-state index in [0.29, 0.717) is 36.5 Å². The van der Waals surface area contributed by atoms with Crippen LogP contribution in [0.5, 0.6) is 5.75 Å². The van der Waals surface area contributed by atoms with Gasteiger partial charge in [0, 0.05) is 5.69 Å². The monoisotopic (exact) mass is 460 g/mol. The van der Waals surface area contributed by atoms with E-state index in [1.807, 2.05) is 30.3 Å². The van der Waals surface area contributed by atoms with Crippen LogP contribution in [0, 0.1) is 11.3 Å². The molecule has 0 unspecified atom stereocenters. The van der Waals surface area contributed by atoms with Crippen LogP contribution in [0.3, 0.4) is 0 Å². The van der Waals surface area contributed by atoms with Gasteiger partial charge in [-0.05, 0) is 54.3 Å². The fraction of sp³-hybridized carbons (Fsp3) is 0.200. The number of anilines is 1. The zero-order chi connectivity index (χ0) is 24.3. The molecule has 1 heterocycles. The lowest BCUT2D eigenvalue weighted by atomic mass is 10.0. The van der Waals surface area contributed by atoms with Crippen LogP contribution < -0.4 is 20.9 Å². The Morgan fingerprint density at radius 1 is 1.06 bits per heavy atom. The first-order valence-electron chi connectivity index (χ1n) is 10.5. The third kappa shape index (κ3) is 6.97. The zero-order valence-corrected chi connectivity index (χ0v) is 18.6. The van der Waals surface area contributed by atoms with Crippen LogP contribution in [0.4, 0.5) is 10.5 Å². The average Bonchev–Trinajstić information content (AvgIpc) is 2.87. The molecule has 0 atom stereocenters. The Balaban J connectivity index is 1.64. The first kappa shape index (κ1) is 24.1. The van der Waals surface area contributed by atoms with E-state index < -0.39 is 17.6 Å². The van der Waals surface area contributed by atoms with Crippen LogP contribution in [0.25, 0.3) is 0 Å². The summed E-state index contributed by atoms with van der Waals surface area (Å²) >= 11 is 0. The Bertz CT molecular complexity index is 1250. The molecule has 3 N–H and O–H groups in total. The van der Waals surface area contributed by atoms with E-state index in [1.165, 1.54) is 13.2 Å². The summed E-state index contributed by atoms with van der Waals surface area (Å²) < 4.78 is 10.4. The minimum Gasteiger partial charge on any atom is -0.489 e. The van der Waals surface area contributed by atoms with Crippen molar-refractivity contribution in [2.24, 2.45) is 0 Å². The van der Waals surface area contributed by atoms with Crippen LogP contribution in [0.1, 0.15) is 22.4 Å². The van der Waals surface area contributed by atoms with E-state index in [2.05, 4.69) is 26.4 Å². The van der Waals surface area contributed by atoms with Crippen LogP contribution >= 0.6 is 0 Å². The number of nitriles is 1. The van der Waals surface area contributed by atoms with Crippen molar-refractivity contribution in [3.63, 3.8) is 0 Å². The van der Waals surface area contributed by atoms with Gasteiger partial charge < -0.3 is 25.1 Å². The lowest BCUT2D eigenvalue weighted by Crippen LogP contribution is -2.35. The van der Waals surface area contributed by atoms with Crippen molar-refractivity contribution in [2.45, 2.75) is 19.4 Å². The van der Waals surface area contributed by atoms with E-state index in [-0.39, 0.29) is 12.2 Å². The summed E-state index contributed by atoms with van der Waals surface area (Å²) in [6.45, 7) is 0.0870. The number of hydrogen-bond donors (Lipinski definition) is 3. The number of benzene rings is 2. The van der Waals surface area contributed by atoms with Crippen LogP contribution in [-0.2, 0) is 29.0 Å². The minimum atomic E-state index is -0.697. The van der Waals surface area contributed by atoms with Gasteiger partial charge in [-0.1, -0.05) is 30.3 Å². The SMILES string of the molecule is COC(=O)CNC(=O)Nc1ccc(CCc2cc(C#N)ccc2OCc2ccccc2)[nH]c1=O. The van der Waals surface area contributed by atoms with Crippen molar-refractivity contribution in [1.29, 1.82) is 5.26 Å². The third-order valence-corrected chi connectivity index (χ3v) is 4.93. The Morgan fingerprint density at radius 3 is 2.56 bits per heavy atom. The number of nitrogens with zero attached hydrogens (tertiary/aromatic N) is 1. The van der Waals surface area contributed by atoms with Crippen molar-refractivity contribution in [3.8, 4) is 11.8 Å². The molecule has 9 heteroatoms. The van der Waals surface area contributed by atoms with Crippen molar-refractivity contribution in [3.05, 3.63) is 93.4 Å². The summed E-state index contributed by atoms with van der Waals surface area (Å²) in [5.74, 6) is 0.0674. The molecule has 0 saturated heterocycles. The number of nitrogens with one attached hydrogen (secondary N) is 3. The summed E-state index contributed by atoms with van der Waals surface area (Å²) in [6, 6.07) is 19.6. The van der Waals surface area contributed by atoms with Crippen molar-refractivity contribution in [2.75, 3.05) is 19.0 Å². The van der Waals surface area contributed by atoms with Gasteiger partial charge in [0.25, 0.3) is 5.56 Å². The number of aryl methyl sites for hydroxylation is 2. The number of carbonyl (C=O) groups excluding carboxylic acids is 2. The van der Waals surface area contributed by atoms with E-state index in [9.17, 15) is 19.6 Å². The minimum absolute atomic E-state index is 0.0458. The maximum Gasteiger partial charge on any atom is 0.325 e. The first-order valence-corrected chi connectivity index (χ1v) is 10.5. The molecule has 0 saturated carbocycles. The van der Waals surface area contributed by atoms with Crippen molar-refractivity contribution < 1.29 is 19.1 Å². The molecule has 34 heavy (non-hydrogen) atoms. The van der Waals surface area contributed by atoms with Crippen molar-refractivity contribution in [1.82, 2.24) is 10.3 Å². The molecule has 0 aliphatic heterocycles. The highest BCUT2D eigenvalue weighted by Crippen LogP contribution is 2.23. The Morgan fingerprint density at radius 2 is 1.85 bits per heavy atom. The molecular formula is C25H24N4O5. The van der Waals surface area contributed by atoms with Gasteiger partial charge in [0.2, 0.25) is 0 Å². The predicted molar refractivity (Wildman–Crippen MR) is 125 cm³/mol. The number of H-pyrrole nitrogens is 1. The Labute approximate surface area is 196 Å². The molecule has 2 aromatic carbocycles. The van der Waals surface area contributed by atoms with Gasteiger partial charge in [0.05, 0.1) is 18.7 Å². The second-order valence-electron chi connectivity index (χ2n) is 7.32. The Hall–Kier alpha value is -4.58.